The normalized spacial score (nSPS) is 23.0. The lowest BCUT2D eigenvalue weighted by Gasteiger charge is -2.26. The van der Waals surface area contributed by atoms with Gasteiger partial charge in [-0.2, -0.15) is 0 Å². The summed E-state index contributed by atoms with van der Waals surface area (Å²) in [4.78, 5) is 21.2. The van der Waals surface area contributed by atoms with Crippen LogP contribution in [-0.4, -0.2) is 20.4 Å². The summed E-state index contributed by atoms with van der Waals surface area (Å²) in [5.74, 6) is 1.09. The summed E-state index contributed by atoms with van der Waals surface area (Å²) >= 11 is 0. The third-order valence-corrected chi connectivity index (χ3v) is 6.06. The van der Waals surface area contributed by atoms with Crippen molar-refractivity contribution in [2.45, 2.75) is 37.6 Å². The first-order valence-corrected chi connectivity index (χ1v) is 9.56. The maximum absolute atomic E-state index is 12.8. The van der Waals surface area contributed by atoms with Crippen molar-refractivity contribution in [3.8, 4) is 5.82 Å². The van der Waals surface area contributed by atoms with Crippen molar-refractivity contribution in [2.75, 3.05) is 0 Å². The van der Waals surface area contributed by atoms with Crippen molar-refractivity contribution in [3.63, 3.8) is 0 Å². The molecule has 5 nitrogen and oxygen atoms in total. The van der Waals surface area contributed by atoms with Gasteiger partial charge < -0.3 is 5.32 Å². The smallest absolute Gasteiger partial charge is 0.224 e. The van der Waals surface area contributed by atoms with Crippen LogP contribution in [0, 0.1) is 5.92 Å². The molecule has 5 heteroatoms. The second kappa shape index (κ2) is 6.34. The minimum atomic E-state index is 0.0825. The van der Waals surface area contributed by atoms with Crippen LogP contribution >= 0.6 is 0 Å². The fourth-order valence-electron chi connectivity index (χ4n) is 4.59. The van der Waals surface area contributed by atoms with Crippen LogP contribution in [0.1, 0.15) is 36.0 Å². The van der Waals surface area contributed by atoms with E-state index in [1.165, 1.54) is 17.5 Å². The van der Waals surface area contributed by atoms with Gasteiger partial charge in [0.1, 0.15) is 12.1 Å². The number of imidazole rings is 1. The van der Waals surface area contributed by atoms with E-state index in [1.54, 1.807) is 18.7 Å². The number of hydrogen-bond acceptors (Lipinski definition) is 3. The van der Waals surface area contributed by atoms with Gasteiger partial charge in [-0.3, -0.25) is 9.36 Å². The number of aromatic nitrogens is 3. The van der Waals surface area contributed by atoms with Gasteiger partial charge in [-0.25, -0.2) is 9.97 Å². The van der Waals surface area contributed by atoms with Crippen molar-refractivity contribution in [2.24, 2.45) is 5.92 Å². The lowest BCUT2D eigenvalue weighted by molar-refractivity contribution is -0.123. The molecule has 3 aromatic rings. The molecule has 0 saturated heterocycles. The van der Waals surface area contributed by atoms with Crippen molar-refractivity contribution in [1.82, 2.24) is 19.9 Å². The summed E-state index contributed by atoms with van der Waals surface area (Å²) in [5.41, 5.74) is 3.96. The molecule has 5 rings (SSSR count). The number of amides is 1. The van der Waals surface area contributed by atoms with E-state index in [2.05, 4.69) is 39.6 Å². The van der Waals surface area contributed by atoms with Gasteiger partial charge in [0.05, 0.1) is 0 Å². The SMILES string of the molecule is O=C(NCc1ccnc(-n2ccnc2)c1)[C@@H]1C[C@]12CCCc1ccccc12. The zero-order valence-corrected chi connectivity index (χ0v) is 15.1. The maximum Gasteiger partial charge on any atom is 0.224 e. The van der Waals surface area contributed by atoms with Gasteiger partial charge in [-0.1, -0.05) is 24.3 Å². The highest BCUT2D eigenvalue weighted by Crippen LogP contribution is 2.60. The Labute approximate surface area is 158 Å². The minimum Gasteiger partial charge on any atom is -0.352 e. The van der Waals surface area contributed by atoms with Crippen LogP contribution in [0.2, 0.25) is 0 Å². The molecule has 0 unspecified atom stereocenters. The van der Waals surface area contributed by atoms with Gasteiger partial charge in [0.15, 0.2) is 0 Å². The quantitative estimate of drug-likeness (QED) is 0.779. The number of hydrogen-bond donors (Lipinski definition) is 1. The summed E-state index contributed by atoms with van der Waals surface area (Å²) < 4.78 is 1.86. The number of fused-ring (bicyclic) bond motifs is 2. The number of aryl methyl sites for hydroxylation is 1. The van der Waals surface area contributed by atoms with Crippen LogP contribution in [0.3, 0.4) is 0 Å². The fraction of sp³-hybridized carbons (Fsp3) is 0.318. The summed E-state index contributed by atoms with van der Waals surface area (Å²) in [5, 5.41) is 3.14. The number of nitrogens with zero attached hydrogens (tertiary/aromatic N) is 3. The van der Waals surface area contributed by atoms with Crippen molar-refractivity contribution >= 4 is 5.91 Å². The van der Waals surface area contributed by atoms with Crippen LogP contribution in [-0.2, 0) is 23.2 Å². The van der Waals surface area contributed by atoms with E-state index < -0.39 is 0 Å². The van der Waals surface area contributed by atoms with Crippen LogP contribution < -0.4 is 5.32 Å². The lowest BCUT2D eigenvalue weighted by atomic mass is 9.78. The molecule has 2 heterocycles. The van der Waals surface area contributed by atoms with Gasteiger partial charge in [-0.05, 0) is 54.5 Å². The van der Waals surface area contributed by atoms with Crippen molar-refractivity contribution in [3.05, 3.63) is 78.0 Å². The molecular formula is C22H22N4O. The zero-order valence-electron chi connectivity index (χ0n) is 15.1. The van der Waals surface area contributed by atoms with Crippen LogP contribution in [0.25, 0.3) is 5.82 Å². The Balaban J connectivity index is 1.28. The van der Waals surface area contributed by atoms with E-state index in [-0.39, 0.29) is 17.2 Å². The first-order valence-electron chi connectivity index (χ1n) is 9.56. The summed E-state index contributed by atoms with van der Waals surface area (Å²) in [6.07, 6.45) is 11.5. The Bertz CT molecular complexity index is 981. The highest BCUT2D eigenvalue weighted by Gasteiger charge is 2.59. The standard InChI is InChI=1S/C22H22N4O/c27-21(19-13-22(19)8-3-5-17-4-1-2-6-18(17)22)25-14-16-7-9-24-20(12-16)26-11-10-23-15-26/h1-2,4,6-7,9-12,15,19H,3,5,8,13-14H2,(H,25,27)/t19-,22-/m0/s1. The van der Waals surface area contributed by atoms with Gasteiger partial charge in [0.2, 0.25) is 5.91 Å². The Morgan fingerprint density at radius 2 is 2.19 bits per heavy atom. The molecule has 0 aliphatic heterocycles. The molecule has 2 aliphatic carbocycles. The number of pyridine rings is 1. The van der Waals surface area contributed by atoms with Gasteiger partial charge >= 0.3 is 0 Å². The summed E-state index contributed by atoms with van der Waals surface area (Å²) in [6.45, 7) is 0.525. The monoisotopic (exact) mass is 358 g/mol. The number of carbonyl (C=O) groups is 1. The molecule has 1 spiro atoms. The molecule has 1 amide bonds. The third-order valence-electron chi connectivity index (χ3n) is 6.06. The number of nitrogens with one attached hydrogen (secondary N) is 1. The van der Waals surface area contributed by atoms with Crippen LogP contribution in [0.4, 0.5) is 0 Å². The molecule has 1 N–H and O–H groups in total. The highest BCUT2D eigenvalue weighted by molar-refractivity contribution is 5.84. The minimum absolute atomic E-state index is 0.0825. The van der Waals surface area contributed by atoms with Crippen molar-refractivity contribution in [1.29, 1.82) is 0 Å². The zero-order chi connectivity index (χ0) is 18.3. The van der Waals surface area contributed by atoms with E-state index in [1.807, 2.05) is 22.9 Å². The van der Waals surface area contributed by atoms with E-state index in [0.29, 0.717) is 6.54 Å². The topological polar surface area (TPSA) is 59.8 Å². The average molecular weight is 358 g/mol. The van der Waals surface area contributed by atoms with Gasteiger partial charge in [-0.15, -0.1) is 0 Å². The second-order valence-corrected chi connectivity index (χ2v) is 7.63. The fourth-order valence-corrected chi connectivity index (χ4v) is 4.59. The summed E-state index contributed by atoms with van der Waals surface area (Å²) in [7, 11) is 0. The number of rotatable bonds is 4. The molecule has 1 fully saturated rings. The van der Waals surface area contributed by atoms with E-state index in [4.69, 9.17) is 0 Å². The molecule has 1 saturated carbocycles. The molecule has 0 bridgehead atoms. The number of carbonyl (C=O) groups excluding carboxylic acids is 1. The lowest BCUT2D eigenvalue weighted by Crippen LogP contribution is -2.29. The molecule has 136 valence electrons. The first-order chi connectivity index (χ1) is 13.3. The van der Waals surface area contributed by atoms with Crippen molar-refractivity contribution < 1.29 is 4.79 Å². The molecule has 1 aromatic carbocycles. The molecule has 27 heavy (non-hydrogen) atoms. The Morgan fingerprint density at radius 3 is 3.07 bits per heavy atom. The maximum atomic E-state index is 12.8. The Morgan fingerprint density at radius 1 is 1.26 bits per heavy atom. The predicted octanol–water partition coefficient (Wildman–Crippen LogP) is 3.18. The average Bonchev–Trinajstić information content (AvgIpc) is 3.15. The third kappa shape index (κ3) is 2.83. The largest absolute Gasteiger partial charge is 0.352 e. The molecule has 2 aliphatic rings. The van der Waals surface area contributed by atoms with Gasteiger partial charge in [0, 0.05) is 36.5 Å². The summed E-state index contributed by atoms with van der Waals surface area (Å²) in [6, 6.07) is 12.6. The highest BCUT2D eigenvalue weighted by atomic mass is 16.2. The second-order valence-electron chi connectivity index (χ2n) is 7.63. The molecular weight excluding hydrogens is 336 g/mol. The van der Waals surface area contributed by atoms with Crippen LogP contribution in [0.15, 0.2) is 61.3 Å². The molecule has 2 atom stereocenters. The Hall–Kier alpha value is -2.95. The molecule has 0 radical (unpaired) electrons. The van der Waals surface area contributed by atoms with E-state index in [9.17, 15) is 4.79 Å². The number of benzene rings is 1. The molecule has 2 aromatic heterocycles. The predicted molar refractivity (Wildman–Crippen MR) is 102 cm³/mol. The van der Waals surface area contributed by atoms with E-state index >= 15 is 0 Å². The van der Waals surface area contributed by atoms with E-state index in [0.717, 1.165) is 30.6 Å². The first kappa shape index (κ1) is 16.2. The van der Waals surface area contributed by atoms with Crippen LogP contribution in [0.5, 0.6) is 0 Å². The Kier molecular flexibility index (Phi) is 3.81. The van der Waals surface area contributed by atoms with Gasteiger partial charge in [0.25, 0.3) is 0 Å².